The summed E-state index contributed by atoms with van der Waals surface area (Å²) in [6.07, 6.45) is 2.29. The lowest BCUT2D eigenvalue weighted by atomic mass is 9.98. The first kappa shape index (κ1) is 21.2. The molecule has 1 aromatic carbocycles. The van der Waals surface area contributed by atoms with E-state index in [1.165, 1.54) is 16.0 Å². The Hall–Kier alpha value is -1.12. The second-order valence-electron chi connectivity index (χ2n) is 6.44. The van der Waals surface area contributed by atoms with Crippen LogP contribution >= 0.6 is 35.3 Å². The third-order valence-electron chi connectivity index (χ3n) is 4.89. The molecule has 0 saturated heterocycles. The van der Waals surface area contributed by atoms with Crippen LogP contribution in [0.5, 0.6) is 0 Å². The highest BCUT2D eigenvalue weighted by atomic mass is 127. The Morgan fingerprint density at radius 1 is 1.19 bits per heavy atom. The predicted molar refractivity (Wildman–Crippen MR) is 123 cm³/mol. The van der Waals surface area contributed by atoms with Gasteiger partial charge in [0.05, 0.1) is 6.54 Å². The molecule has 1 unspecified atom stereocenters. The van der Waals surface area contributed by atoms with Crippen LogP contribution in [0.3, 0.4) is 0 Å². The smallest absolute Gasteiger partial charge is 0.191 e. The van der Waals surface area contributed by atoms with Gasteiger partial charge in [0.25, 0.3) is 0 Å². The lowest BCUT2D eigenvalue weighted by molar-refractivity contribution is 0.174. The second kappa shape index (κ2) is 10.9. The van der Waals surface area contributed by atoms with Crippen molar-refractivity contribution in [1.29, 1.82) is 0 Å². The summed E-state index contributed by atoms with van der Waals surface area (Å²) < 4.78 is 0. The van der Waals surface area contributed by atoms with Crippen molar-refractivity contribution in [3.63, 3.8) is 0 Å². The van der Waals surface area contributed by atoms with Crippen LogP contribution < -0.4 is 10.6 Å². The topological polar surface area (TPSA) is 39.7 Å². The van der Waals surface area contributed by atoms with Crippen LogP contribution in [-0.2, 0) is 19.5 Å². The zero-order valence-electron chi connectivity index (χ0n) is 15.6. The van der Waals surface area contributed by atoms with Gasteiger partial charge >= 0.3 is 0 Å². The van der Waals surface area contributed by atoms with Crippen molar-refractivity contribution in [3.05, 3.63) is 57.8 Å². The molecular formula is C20H29IN4S. The number of guanidine groups is 1. The number of hydrogen-bond donors (Lipinski definition) is 2. The summed E-state index contributed by atoms with van der Waals surface area (Å²) in [6, 6.07) is 13.6. The molecule has 0 amide bonds. The first-order valence-corrected chi connectivity index (χ1v) is 9.96. The van der Waals surface area contributed by atoms with Gasteiger partial charge < -0.3 is 10.6 Å². The maximum atomic E-state index is 4.36. The minimum Gasteiger partial charge on any atom is -0.355 e. The van der Waals surface area contributed by atoms with Crippen molar-refractivity contribution in [3.8, 4) is 0 Å². The van der Waals surface area contributed by atoms with Gasteiger partial charge in [0.2, 0.25) is 0 Å². The molecule has 2 aromatic rings. The Bertz CT molecular complexity index is 687. The molecule has 1 aliphatic rings. The van der Waals surface area contributed by atoms with Gasteiger partial charge in [0, 0.05) is 37.6 Å². The number of halogens is 1. The van der Waals surface area contributed by atoms with Crippen LogP contribution in [0, 0.1) is 0 Å². The van der Waals surface area contributed by atoms with Crippen molar-refractivity contribution in [2.75, 3.05) is 20.1 Å². The first-order valence-electron chi connectivity index (χ1n) is 9.08. The minimum atomic E-state index is 0. The Morgan fingerprint density at radius 2 is 2.00 bits per heavy atom. The number of rotatable bonds is 6. The highest BCUT2D eigenvalue weighted by Crippen LogP contribution is 2.21. The average Bonchev–Trinajstić information content (AvgIpc) is 3.18. The quantitative estimate of drug-likeness (QED) is 0.372. The molecule has 3 rings (SSSR count). The Morgan fingerprint density at radius 3 is 2.69 bits per heavy atom. The molecule has 0 saturated carbocycles. The van der Waals surface area contributed by atoms with Crippen LogP contribution in [0.2, 0.25) is 0 Å². The van der Waals surface area contributed by atoms with E-state index in [-0.39, 0.29) is 24.0 Å². The summed E-state index contributed by atoms with van der Waals surface area (Å²) in [7, 11) is 1.84. The van der Waals surface area contributed by atoms with Crippen molar-refractivity contribution < 1.29 is 0 Å². The molecule has 26 heavy (non-hydrogen) atoms. The summed E-state index contributed by atoms with van der Waals surface area (Å²) in [5, 5.41) is 9.01. The van der Waals surface area contributed by atoms with Gasteiger partial charge in [-0.1, -0.05) is 37.3 Å². The van der Waals surface area contributed by atoms with Gasteiger partial charge in [0.1, 0.15) is 0 Å². The van der Waals surface area contributed by atoms with Crippen molar-refractivity contribution >= 4 is 41.3 Å². The second-order valence-corrected chi connectivity index (χ2v) is 7.47. The van der Waals surface area contributed by atoms with Crippen molar-refractivity contribution in [1.82, 2.24) is 15.5 Å². The van der Waals surface area contributed by atoms with Gasteiger partial charge in [-0.25, -0.2) is 0 Å². The average molecular weight is 484 g/mol. The summed E-state index contributed by atoms with van der Waals surface area (Å²) in [5.41, 5.74) is 2.99. The first-order chi connectivity index (χ1) is 12.3. The molecule has 2 heterocycles. The van der Waals surface area contributed by atoms with E-state index < -0.39 is 0 Å². The van der Waals surface area contributed by atoms with E-state index in [2.05, 4.69) is 69.2 Å². The molecule has 6 heteroatoms. The Labute approximate surface area is 178 Å². The predicted octanol–water partition coefficient (Wildman–Crippen LogP) is 3.87. The largest absolute Gasteiger partial charge is 0.355 e. The lowest BCUT2D eigenvalue weighted by Crippen LogP contribution is -2.48. The summed E-state index contributed by atoms with van der Waals surface area (Å²) in [6.45, 7) is 6.21. The number of hydrogen-bond acceptors (Lipinski definition) is 3. The van der Waals surface area contributed by atoms with E-state index in [4.69, 9.17) is 0 Å². The fourth-order valence-corrected chi connectivity index (χ4v) is 4.02. The standard InChI is InChI=1S/C20H28N4S.HI/c1-3-18(24-11-10-16-7-4-5-8-17(16)15-24)13-22-20(21-2)23-14-19-9-6-12-25-19;/h4-9,12,18H,3,10-11,13-15H2,1-2H3,(H2,21,22,23);1H. The van der Waals surface area contributed by atoms with E-state index in [1.54, 1.807) is 11.3 Å². The molecule has 1 aliphatic heterocycles. The fraction of sp³-hybridized carbons (Fsp3) is 0.450. The molecule has 142 valence electrons. The molecule has 0 aliphatic carbocycles. The van der Waals surface area contributed by atoms with Gasteiger partial charge in [-0.2, -0.15) is 0 Å². The normalized spacial score (nSPS) is 15.7. The maximum absolute atomic E-state index is 4.36. The summed E-state index contributed by atoms with van der Waals surface area (Å²) in [4.78, 5) is 8.28. The Balaban J connectivity index is 0.00000243. The molecule has 2 N–H and O–H groups in total. The highest BCUT2D eigenvalue weighted by molar-refractivity contribution is 14.0. The van der Waals surface area contributed by atoms with E-state index >= 15 is 0 Å². The van der Waals surface area contributed by atoms with Crippen molar-refractivity contribution in [2.45, 2.75) is 38.9 Å². The maximum Gasteiger partial charge on any atom is 0.191 e. The molecule has 0 spiro atoms. The molecule has 4 nitrogen and oxygen atoms in total. The van der Waals surface area contributed by atoms with Crippen LogP contribution in [-0.4, -0.2) is 37.0 Å². The molecular weight excluding hydrogens is 455 g/mol. The van der Waals surface area contributed by atoms with E-state index in [0.717, 1.165) is 45.0 Å². The summed E-state index contributed by atoms with van der Waals surface area (Å²) in [5.74, 6) is 0.879. The van der Waals surface area contributed by atoms with E-state index in [9.17, 15) is 0 Å². The molecule has 0 radical (unpaired) electrons. The molecule has 1 atom stereocenters. The number of nitrogens with zero attached hydrogens (tertiary/aromatic N) is 2. The zero-order chi connectivity index (χ0) is 17.5. The third kappa shape index (κ3) is 5.69. The lowest BCUT2D eigenvalue weighted by Gasteiger charge is -2.35. The number of benzene rings is 1. The van der Waals surface area contributed by atoms with Gasteiger partial charge in [-0.05, 0) is 35.4 Å². The van der Waals surface area contributed by atoms with Gasteiger partial charge in [-0.3, -0.25) is 9.89 Å². The van der Waals surface area contributed by atoms with Crippen LogP contribution in [0.4, 0.5) is 0 Å². The Kier molecular flexibility index (Phi) is 8.87. The number of thiophene rings is 1. The molecule has 1 aromatic heterocycles. The minimum absolute atomic E-state index is 0. The van der Waals surface area contributed by atoms with Crippen LogP contribution in [0.1, 0.15) is 29.3 Å². The zero-order valence-corrected chi connectivity index (χ0v) is 18.7. The fourth-order valence-electron chi connectivity index (χ4n) is 3.38. The monoisotopic (exact) mass is 484 g/mol. The third-order valence-corrected chi connectivity index (χ3v) is 5.76. The van der Waals surface area contributed by atoms with Crippen molar-refractivity contribution in [2.24, 2.45) is 4.99 Å². The van der Waals surface area contributed by atoms with E-state index in [0.29, 0.717) is 6.04 Å². The number of nitrogens with one attached hydrogen (secondary N) is 2. The summed E-state index contributed by atoms with van der Waals surface area (Å²) >= 11 is 1.77. The highest BCUT2D eigenvalue weighted by Gasteiger charge is 2.22. The number of fused-ring (bicyclic) bond motifs is 1. The van der Waals surface area contributed by atoms with Crippen LogP contribution in [0.25, 0.3) is 0 Å². The molecule has 0 bridgehead atoms. The van der Waals surface area contributed by atoms with Crippen LogP contribution in [0.15, 0.2) is 46.8 Å². The van der Waals surface area contributed by atoms with E-state index in [1.807, 2.05) is 7.05 Å². The van der Waals surface area contributed by atoms with Gasteiger partial charge in [-0.15, -0.1) is 35.3 Å². The SMILES string of the molecule is CCC(CNC(=NC)NCc1cccs1)N1CCc2ccccc2C1.I. The van der Waals surface area contributed by atoms with Gasteiger partial charge in [0.15, 0.2) is 5.96 Å². The molecule has 0 fully saturated rings. The number of aliphatic imine (C=N–C) groups is 1.